The first kappa shape index (κ1) is 22.0. The Morgan fingerprint density at radius 2 is 1.84 bits per heavy atom. The molecule has 0 aliphatic carbocycles. The Bertz CT molecular complexity index is 644. The third-order valence-corrected chi connectivity index (χ3v) is 5.07. The third-order valence-electron chi connectivity index (χ3n) is 3.84. The zero-order valence-electron chi connectivity index (χ0n) is 15.5. The maximum atomic E-state index is 5.41. The van der Waals surface area contributed by atoms with Crippen molar-refractivity contribution in [3.05, 3.63) is 38.9 Å². The number of guanidine groups is 1. The van der Waals surface area contributed by atoms with E-state index in [4.69, 9.17) is 9.52 Å². The standard InChI is InChI=1S/C18H28N4OS.HI/c1-5-13-9-10-14(24-13)11-20-18(19-8-4)21-12-15-16(6-2)22-23-17(15)7-3;/h9-10H,5-8,11-12H2,1-4H3,(H2,19,20,21);1H. The van der Waals surface area contributed by atoms with E-state index >= 15 is 0 Å². The minimum absolute atomic E-state index is 0. The number of nitrogens with one attached hydrogen (secondary N) is 2. The van der Waals surface area contributed by atoms with Crippen LogP contribution in [-0.2, 0) is 32.4 Å². The van der Waals surface area contributed by atoms with E-state index in [-0.39, 0.29) is 24.0 Å². The fourth-order valence-electron chi connectivity index (χ4n) is 2.49. The monoisotopic (exact) mass is 476 g/mol. The van der Waals surface area contributed by atoms with Crippen molar-refractivity contribution >= 4 is 41.3 Å². The van der Waals surface area contributed by atoms with Gasteiger partial charge in [0, 0.05) is 28.3 Å². The number of halogens is 1. The Kier molecular flexibility index (Phi) is 10.1. The van der Waals surface area contributed by atoms with Crippen LogP contribution in [-0.4, -0.2) is 17.7 Å². The summed E-state index contributed by atoms with van der Waals surface area (Å²) in [5.41, 5.74) is 2.14. The minimum Gasteiger partial charge on any atom is -0.361 e. The molecule has 25 heavy (non-hydrogen) atoms. The van der Waals surface area contributed by atoms with E-state index in [2.05, 4.69) is 55.6 Å². The second-order valence-electron chi connectivity index (χ2n) is 5.51. The molecular weight excluding hydrogens is 447 g/mol. The van der Waals surface area contributed by atoms with Crippen LogP contribution in [0.5, 0.6) is 0 Å². The van der Waals surface area contributed by atoms with Crippen molar-refractivity contribution in [1.82, 2.24) is 15.8 Å². The number of aliphatic imine (C=N–C) groups is 1. The van der Waals surface area contributed by atoms with Gasteiger partial charge < -0.3 is 15.2 Å². The second-order valence-corrected chi connectivity index (χ2v) is 6.76. The molecule has 0 aliphatic heterocycles. The lowest BCUT2D eigenvalue weighted by Crippen LogP contribution is -2.36. The molecule has 0 atom stereocenters. The molecule has 2 heterocycles. The molecular formula is C18H29IN4OS. The van der Waals surface area contributed by atoms with Gasteiger partial charge in [0.15, 0.2) is 5.96 Å². The zero-order chi connectivity index (χ0) is 17.4. The van der Waals surface area contributed by atoms with Crippen LogP contribution in [0.25, 0.3) is 0 Å². The molecule has 7 heteroatoms. The molecule has 0 saturated carbocycles. The summed E-state index contributed by atoms with van der Waals surface area (Å²) in [5.74, 6) is 1.77. The summed E-state index contributed by atoms with van der Waals surface area (Å²) >= 11 is 1.85. The van der Waals surface area contributed by atoms with Gasteiger partial charge in [-0.1, -0.05) is 25.9 Å². The van der Waals surface area contributed by atoms with E-state index in [0.717, 1.165) is 55.3 Å². The van der Waals surface area contributed by atoms with E-state index in [1.54, 1.807) is 0 Å². The molecule has 0 bridgehead atoms. The van der Waals surface area contributed by atoms with Gasteiger partial charge in [0.05, 0.1) is 18.8 Å². The van der Waals surface area contributed by atoms with Crippen molar-refractivity contribution in [2.24, 2.45) is 4.99 Å². The van der Waals surface area contributed by atoms with Gasteiger partial charge in [0.1, 0.15) is 5.76 Å². The summed E-state index contributed by atoms with van der Waals surface area (Å²) in [6.07, 6.45) is 2.80. The molecule has 2 aromatic heterocycles. The van der Waals surface area contributed by atoms with Gasteiger partial charge in [-0.05, 0) is 31.9 Å². The lowest BCUT2D eigenvalue weighted by Gasteiger charge is -2.10. The first-order valence-corrected chi connectivity index (χ1v) is 9.59. The van der Waals surface area contributed by atoms with Gasteiger partial charge in [-0.2, -0.15) is 0 Å². The molecule has 0 aromatic carbocycles. The molecule has 0 unspecified atom stereocenters. The number of aromatic nitrogens is 1. The van der Waals surface area contributed by atoms with E-state index in [1.807, 2.05) is 11.3 Å². The van der Waals surface area contributed by atoms with E-state index in [0.29, 0.717) is 6.54 Å². The highest BCUT2D eigenvalue weighted by molar-refractivity contribution is 14.0. The van der Waals surface area contributed by atoms with Crippen LogP contribution in [0.2, 0.25) is 0 Å². The summed E-state index contributed by atoms with van der Waals surface area (Å²) in [6, 6.07) is 4.38. The number of thiophene rings is 1. The number of nitrogens with zero attached hydrogens (tertiary/aromatic N) is 2. The topological polar surface area (TPSA) is 62.5 Å². The fraction of sp³-hybridized carbons (Fsp3) is 0.556. The van der Waals surface area contributed by atoms with Crippen LogP contribution in [0, 0.1) is 0 Å². The zero-order valence-corrected chi connectivity index (χ0v) is 18.7. The number of aryl methyl sites for hydroxylation is 3. The lowest BCUT2D eigenvalue weighted by atomic mass is 10.1. The average molecular weight is 476 g/mol. The van der Waals surface area contributed by atoms with Crippen molar-refractivity contribution in [2.45, 2.75) is 60.0 Å². The van der Waals surface area contributed by atoms with Gasteiger partial charge >= 0.3 is 0 Å². The van der Waals surface area contributed by atoms with Gasteiger partial charge in [-0.3, -0.25) is 0 Å². The van der Waals surface area contributed by atoms with Crippen molar-refractivity contribution < 1.29 is 4.52 Å². The Labute approximate surface area is 171 Å². The summed E-state index contributed by atoms with van der Waals surface area (Å²) in [6.45, 7) is 10.7. The molecule has 5 nitrogen and oxygen atoms in total. The molecule has 0 spiro atoms. The average Bonchev–Trinajstić information content (AvgIpc) is 3.23. The van der Waals surface area contributed by atoms with Crippen LogP contribution in [0.4, 0.5) is 0 Å². The molecule has 0 fully saturated rings. The highest BCUT2D eigenvalue weighted by atomic mass is 127. The van der Waals surface area contributed by atoms with Gasteiger partial charge in [-0.15, -0.1) is 35.3 Å². The van der Waals surface area contributed by atoms with Crippen LogP contribution < -0.4 is 10.6 Å². The Morgan fingerprint density at radius 1 is 1.08 bits per heavy atom. The van der Waals surface area contributed by atoms with Crippen LogP contribution in [0.15, 0.2) is 21.6 Å². The molecule has 2 aromatic rings. The van der Waals surface area contributed by atoms with Crippen molar-refractivity contribution in [3.8, 4) is 0 Å². The highest BCUT2D eigenvalue weighted by Gasteiger charge is 2.13. The Balaban J connectivity index is 0.00000312. The molecule has 0 saturated heterocycles. The summed E-state index contributed by atoms with van der Waals surface area (Å²) in [7, 11) is 0. The van der Waals surface area contributed by atoms with Crippen LogP contribution >= 0.6 is 35.3 Å². The van der Waals surface area contributed by atoms with Crippen molar-refractivity contribution in [3.63, 3.8) is 0 Å². The lowest BCUT2D eigenvalue weighted by molar-refractivity contribution is 0.380. The third kappa shape index (κ3) is 6.29. The second kappa shape index (κ2) is 11.5. The molecule has 0 amide bonds. The number of hydrogen-bond donors (Lipinski definition) is 2. The SMILES string of the molecule is CCNC(=NCc1c(CC)noc1CC)NCc1ccc(CC)s1.I. The first-order chi connectivity index (χ1) is 11.7. The van der Waals surface area contributed by atoms with Crippen molar-refractivity contribution in [2.75, 3.05) is 6.54 Å². The van der Waals surface area contributed by atoms with E-state index in [9.17, 15) is 0 Å². The van der Waals surface area contributed by atoms with Crippen molar-refractivity contribution in [1.29, 1.82) is 0 Å². The number of hydrogen-bond acceptors (Lipinski definition) is 4. The smallest absolute Gasteiger partial charge is 0.191 e. The Hall–Kier alpha value is -1.09. The first-order valence-electron chi connectivity index (χ1n) is 8.77. The predicted molar refractivity (Wildman–Crippen MR) is 116 cm³/mol. The van der Waals surface area contributed by atoms with Crippen LogP contribution in [0.1, 0.15) is 54.5 Å². The van der Waals surface area contributed by atoms with E-state index in [1.165, 1.54) is 9.75 Å². The summed E-state index contributed by atoms with van der Waals surface area (Å²) in [5, 5.41) is 10.9. The van der Waals surface area contributed by atoms with E-state index < -0.39 is 0 Å². The summed E-state index contributed by atoms with van der Waals surface area (Å²) < 4.78 is 5.41. The van der Waals surface area contributed by atoms with Gasteiger partial charge in [0.2, 0.25) is 0 Å². The maximum Gasteiger partial charge on any atom is 0.191 e. The van der Waals surface area contributed by atoms with Crippen LogP contribution in [0.3, 0.4) is 0 Å². The molecule has 140 valence electrons. The molecule has 2 rings (SSSR count). The largest absolute Gasteiger partial charge is 0.361 e. The Morgan fingerprint density at radius 3 is 2.44 bits per heavy atom. The molecule has 2 N–H and O–H groups in total. The quantitative estimate of drug-likeness (QED) is 0.339. The molecule has 0 radical (unpaired) electrons. The summed E-state index contributed by atoms with van der Waals surface area (Å²) in [4.78, 5) is 7.45. The highest BCUT2D eigenvalue weighted by Crippen LogP contribution is 2.18. The molecule has 0 aliphatic rings. The normalized spacial score (nSPS) is 11.3. The van der Waals surface area contributed by atoms with Gasteiger partial charge in [-0.25, -0.2) is 4.99 Å². The maximum absolute atomic E-state index is 5.41. The fourth-order valence-corrected chi connectivity index (χ4v) is 3.39. The predicted octanol–water partition coefficient (Wildman–Crippen LogP) is 4.30. The minimum atomic E-state index is 0. The number of rotatable bonds is 8. The van der Waals surface area contributed by atoms with Gasteiger partial charge in [0.25, 0.3) is 0 Å².